The summed E-state index contributed by atoms with van der Waals surface area (Å²) >= 11 is 0. The molecule has 1 aromatic rings. The van der Waals surface area contributed by atoms with Crippen LogP contribution < -0.4 is 15.4 Å². The number of ether oxygens (including phenoxy) is 1. The predicted octanol–water partition coefficient (Wildman–Crippen LogP) is 2.65. The molecule has 5 nitrogen and oxygen atoms in total. The van der Waals surface area contributed by atoms with Gasteiger partial charge in [-0.05, 0) is 51.0 Å². The zero-order valence-electron chi connectivity index (χ0n) is 15.6. The molecule has 0 aromatic heterocycles. The summed E-state index contributed by atoms with van der Waals surface area (Å²) in [6.45, 7) is 6.76. The number of hydrogen-bond donors (Lipinski definition) is 2. The molecule has 2 fully saturated rings. The van der Waals surface area contributed by atoms with Gasteiger partial charge in [0.15, 0.2) is 0 Å². The lowest BCUT2D eigenvalue weighted by Gasteiger charge is -2.33. The summed E-state index contributed by atoms with van der Waals surface area (Å²) in [6, 6.07) is 8.34. The van der Waals surface area contributed by atoms with Gasteiger partial charge in [0.25, 0.3) is 0 Å². The Morgan fingerprint density at radius 3 is 2.50 bits per heavy atom. The first kappa shape index (κ1) is 23.0. The minimum atomic E-state index is 0. The fourth-order valence-electron chi connectivity index (χ4n) is 3.67. The van der Waals surface area contributed by atoms with Crippen molar-refractivity contribution in [3.63, 3.8) is 0 Å². The number of hydrogen-bond acceptors (Lipinski definition) is 4. The largest absolute Gasteiger partial charge is 0.496 e. The van der Waals surface area contributed by atoms with Crippen molar-refractivity contribution in [1.82, 2.24) is 15.5 Å². The normalized spacial score (nSPS) is 19.5. The van der Waals surface area contributed by atoms with Gasteiger partial charge >= 0.3 is 0 Å². The molecule has 2 N–H and O–H groups in total. The molecule has 2 unspecified atom stereocenters. The maximum absolute atomic E-state index is 12.5. The molecule has 0 spiro atoms. The van der Waals surface area contributed by atoms with Gasteiger partial charge in [-0.3, -0.25) is 9.69 Å². The number of para-hydroxylation sites is 1. The number of halogens is 2. The highest BCUT2D eigenvalue weighted by atomic mass is 35.5. The zero-order valence-corrected chi connectivity index (χ0v) is 17.2. The Hall–Kier alpha value is -1.01. The maximum Gasteiger partial charge on any atom is 0.223 e. The second-order valence-electron chi connectivity index (χ2n) is 6.95. The van der Waals surface area contributed by atoms with Crippen molar-refractivity contribution >= 4 is 30.7 Å². The molecule has 1 amide bonds. The Morgan fingerprint density at radius 2 is 1.92 bits per heavy atom. The van der Waals surface area contributed by atoms with Crippen molar-refractivity contribution < 1.29 is 9.53 Å². The molecule has 1 aromatic carbocycles. The highest BCUT2D eigenvalue weighted by Crippen LogP contribution is 2.31. The number of benzene rings is 1. The molecule has 7 heteroatoms. The molecule has 2 aliphatic rings. The van der Waals surface area contributed by atoms with Crippen molar-refractivity contribution in [3.8, 4) is 5.75 Å². The van der Waals surface area contributed by atoms with E-state index in [2.05, 4.69) is 21.6 Å². The topological polar surface area (TPSA) is 53.6 Å². The van der Waals surface area contributed by atoms with E-state index in [0.29, 0.717) is 12.5 Å². The quantitative estimate of drug-likeness (QED) is 0.734. The van der Waals surface area contributed by atoms with Crippen LogP contribution in [-0.4, -0.2) is 50.6 Å². The number of likely N-dealkylation sites (tertiary alicyclic amines) is 1. The summed E-state index contributed by atoms with van der Waals surface area (Å²) in [5, 5.41) is 6.44. The van der Waals surface area contributed by atoms with Crippen LogP contribution in [0.1, 0.15) is 31.4 Å². The van der Waals surface area contributed by atoms with E-state index in [4.69, 9.17) is 4.74 Å². The lowest BCUT2D eigenvalue weighted by Crippen LogP contribution is -2.50. The number of carbonyl (C=O) groups excluding carboxylic acids is 1. The summed E-state index contributed by atoms with van der Waals surface area (Å²) in [5.74, 6) is 1.62. The summed E-state index contributed by atoms with van der Waals surface area (Å²) in [4.78, 5) is 15.0. The lowest BCUT2D eigenvalue weighted by atomic mass is 9.88. The molecule has 0 aliphatic carbocycles. The molecular weight excluding hydrogens is 373 g/mol. The highest BCUT2D eigenvalue weighted by molar-refractivity contribution is 5.85. The van der Waals surface area contributed by atoms with Crippen LogP contribution in [0.25, 0.3) is 0 Å². The minimum absolute atomic E-state index is 0. The number of nitrogens with zero attached hydrogens (tertiary/aromatic N) is 1. The third-order valence-corrected chi connectivity index (χ3v) is 5.48. The van der Waals surface area contributed by atoms with E-state index in [9.17, 15) is 4.79 Å². The van der Waals surface area contributed by atoms with Crippen LogP contribution in [0.5, 0.6) is 5.75 Å². The minimum Gasteiger partial charge on any atom is -0.496 e. The Bertz CT molecular complexity index is 563. The number of carbonyl (C=O) groups is 1. The van der Waals surface area contributed by atoms with E-state index >= 15 is 0 Å². The van der Waals surface area contributed by atoms with Gasteiger partial charge < -0.3 is 15.4 Å². The molecular formula is C19H31Cl2N3O2. The van der Waals surface area contributed by atoms with Crippen molar-refractivity contribution in [2.45, 2.75) is 25.8 Å². The van der Waals surface area contributed by atoms with Crippen LogP contribution in [0, 0.1) is 11.8 Å². The first-order valence-electron chi connectivity index (χ1n) is 9.06. The smallest absolute Gasteiger partial charge is 0.223 e. The van der Waals surface area contributed by atoms with Gasteiger partial charge in [-0.2, -0.15) is 0 Å². The Kier molecular flexibility index (Phi) is 9.72. The van der Waals surface area contributed by atoms with Gasteiger partial charge in [-0.1, -0.05) is 25.1 Å². The molecule has 26 heavy (non-hydrogen) atoms. The third-order valence-electron chi connectivity index (χ3n) is 5.48. The van der Waals surface area contributed by atoms with Gasteiger partial charge in [-0.25, -0.2) is 0 Å². The molecule has 2 aliphatic heterocycles. The van der Waals surface area contributed by atoms with E-state index in [-0.39, 0.29) is 42.7 Å². The number of rotatable bonds is 7. The number of nitrogens with one attached hydrogen (secondary N) is 2. The molecule has 0 bridgehead atoms. The van der Waals surface area contributed by atoms with E-state index in [0.717, 1.165) is 31.9 Å². The van der Waals surface area contributed by atoms with Crippen LogP contribution in [0.2, 0.25) is 0 Å². The first-order valence-corrected chi connectivity index (χ1v) is 9.06. The maximum atomic E-state index is 12.5. The van der Waals surface area contributed by atoms with Gasteiger partial charge in [0.05, 0.1) is 13.2 Å². The van der Waals surface area contributed by atoms with Crippen LogP contribution in [0.3, 0.4) is 0 Å². The van der Waals surface area contributed by atoms with Crippen LogP contribution in [0.15, 0.2) is 24.3 Å². The van der Waals surface area contributed by atoms with Gasteiger partial charge in [0.1, 0.15) is 5.75 Å². The molecule has 2 atom stereocenters. The monoisotopic (exact) mass is 403 g/mol. The zero-order chi connectivity index (χ0) is 16.9. The van der Waals surface area contributed by atoms with Gasteiger partial charge in [-0.15, -0.1) is 24.8 Å². The number of methoxy groups -OCH3 is 1. The third kappa shape index (κ3) is 5.26. The molecule has 0 radical (unpaired) electrons. The number of amides is 1. The summed E-state index contributed by atoms with van der Waals surface area (Å²) in [7, 11) is 1.71. The molecule has 148 valence electrons. The predicted molar refractivity (Wildman–Crippen MR) is 110 cm³/mol. The van der Waals surface area contributed by atoms with E-state index < -0.39 is 0 Å². The molecule has 2 saturated heterocycles. The van der Waals surface area contributed by atoms with Crippen molar-refractivity contribution in [3.05, 3.63) is 29.8 Å². The first-order chi connectivity index (χ1) is 11.7. The highest BCUT2D eigenvalue weighted by Gasteiger charge is 2.30. The Morgan fingerprint density at radius 1 is 1.27 bits per heavy atom. The van der Waals surface area contributed by atoms with Gasteiger partial charge in [0.2, 0.25) is 5.91 Å². The van der Waals surface area contributed by atoms with Crippen molar-refractivity contribution in [2.75, 3.05) is 39.8 Å². The van der Waals surface area contributed by atoms with E-state index in [1.165, 1.54) is 18.4 Å². The SMILES string of the molecule is COc1ccccc1C(CNC(=O)C(C)C1CNC1)N1CCCC1.Cl.Cl. The average Bonchev–Trinajstić information content (AvgIpc) is 3.08. The molecule has 0 saturated carbocycles. The van der Waals surface area contributed by atoms with Crippen LogP contribution in [-0.2, 0) is 4.79 Å². The fourth-order valence-corrected chi connectivity index (χ4v) is 3.67. The Labute approximate surface area is 169 Å². The summed E-state index contributed by atoms with van der Waals surface area (Å²) in [5.41, 5.74) is 1.17. The standard InChI is InChI=1S/C19H29N3O2.2ClH/c1-14(15-11-20-12-15)19(23)21-13-17(22-9-5-6-10-22)16-7-3-4-8-18(16)24-2;;/h3-4,7-8,14-15,17,20H,5-6,9-13H2,1-2H3,(H,21,23);2*1H. The van der Waals surface area contributed by atoms with Crippen molar-refractivity contribution in [1.29, 1.82) is 0 Å². The van der Waals surface area contributed by atoms with Gasteiger partial charge in [0, 0.05) is 18.0 Å². The fraction of sp³-hybridized carbons (Fsp3) is 0.632. The van der Waals surface area contributed by atoms with E-state index in [1.807, 2.05) is 25.1 Å². The van der Waals surface area contributed by atoms with Crippen molar-refractivity contribution in [2.24, 2.45) is 11.8 Å². The van der Waals surface area contributed by atoms with Crippen LogP contribution >= 0.6 is 24.8 Å². The average molecular weight is 404 g/mol. The Balaban J connectivity index is 0.00000169. The summed E-state index contributed by atoms with van der Waals surface area (Å²) < 4.78 is 5.56. The lowest BCUT2D eigenvalue weighted by molar-refractivity contribution is -0.126. The molecule has 2 heterocycles. The van der Waals surface area contributed by atoms with Crippen LogP contribution in [0.4, 0.5) is 0 Å². The summed E-state index contributed by atoms with van der Waals surface area (Å²) in [6.07, 6.45) is 2.45. The second kappa shape index (κ2) is 11.0. The van der Waals surface area contributed by atoms with E-state index in [1.54, 1.807) is 7.11 Å². The molecule has 3 rings (SSSR count). The second-order valence-corrected chi connectivity index (χ2v) is 6.95.